The van der Waals surface area contributed by atoms with E-state index in [9.17, 15) is 8.42 Å². The van der Waals surface area contributed by atoms with Crippen molar-refractivity contribution in [1.29, 1.82) is 0 Å². The topological polar surface area (TPSA) is 105 Å². The van der Waals surface area contributed by atoms with Gasteiger partial charge < -0.3 is 10.8 Å². The third kappa shape index (κ3) is 3.69. The average Bonchev–Trinajstić information content (AvgIpc) is 2.41. The van der Waals surface area contributed by atoms with Crippen LogP contribution in [0.2, 0.25) is 0 Å². The number of anilines is 1. The zero-order chi connectivity index (χ0) is 14.6. The first-order valence-corrected chi connectivity index (χ1v) is 7.45. The highest BCUT2D eigenvalue weighted by Crippen LogP contribution is 2.11. The number of aromatic hydroxyl groups is 1. The summed E-state index contributed by atoms with van der Waals surface area (Å²) >= 11 is 0. The molecule has 4 N–H and O–H groups in total. The van der Waals surface area contributed by atoms with Gasteiger partial charge in [-0.1, -0.05) is 12.1 Å². The molecule has 0 bridgehead atoms. The molecule has 6 nitrogen and oxygen atoms in total. The largest absolute Gasteiger partial charge is 0.508 e. The fraction of sp³-hybridized carbons (Fsp3) is 0.154. The Balaban J connectivity index is 1.96. The molecule has 0 fully saturated rings. The maximum Gasteiger partial charge on any atom is 0.242 e. The minimum atomic E-state index is -3.57. The summed E-state index contributed by atoms with van der Waals surface area (Å²) in [5.41, 5.74) is 6.34. The van der Waals surface area contributed by atoms with Crippen molar-refractivity contribution in [3.63, 3.8) is 0 Å². The number of hydrogen-bond acceptors (Lipinski definition) is 5. The summed E-state index contributed by atoms with van der Waals surface area (Å²) in [5.74, 6) is 0.454. The molecule has 0 amide bonds. The van der Waals surface area contributed by atoms with Gasteiger partial charge in [0.2, 0.25) is 10.0 Å². The van der Waals surface area contributed by atoms with E-state index in [2.05, 4.69) is 9.71 Å². The molecule has 0 atom stereocenters. The van der Waals surface area contributed by atoms with Gasteiger partial charge in [0.1, 0.15) is 16.5 Å². The molecular weight excluding hydrogens is 278 g/mol. The van der Waals surface area contributed by atoms with E-state index in [1.807, 2.05) is 0 Å². The predicted molar refractivity (Wildman–Crippen MR) is 75.6 cm³/mol. The second-order valence-electron chi connectivity index (χ2n) is 4.23. The molecule has 106 valence electrons. The third-order valence-electron chi connectivity index (χ3n) is 2.71. The van der Waals surface area contributed by atoms with Crippen molar-refractivity contribution in [1.82, 2.24) is 9.71 Å². The number of pyridine rings is 1. The number of hydrogen-bond donors (Lipinski definition) is 3. The van der Waals surface area contributed by atoms with Crippen LogP contribution in [0.15, 0.2) is 47.5 Å². The summed E-state index contributed by atoms with van der Waals surface area (Å²) in [7, 11) is -3.57. The van der Waals surface area contributed by atoms with Crippen LogP contribution in [0.4, 0.5) is 5.82 Å². The lowest BCUT2D eigenvalue weighted by Gasteiger charge is -2.07. The van der Waals surface area contributed by atoms with Crippen molar-refractivity contribution in [2.24, 2.45) is 0 Å². The second-order valence-corrected chi connectivity index (χ2v) is 6.00. The smallest absolute Gasteiger partial charge is 0.242 e. The van der Waals surface area contributed by atoms with Crippen LogP contribution in [-0.4, -0.2) is 25.1 Å². The molecular formula is C13H15N3O3S. The van der Waals surface area contributed by atoms with Crippen LogP contribution in [0.5, 0.6) is 5.75 Å². The highest BCUT2D eigenvalue weighted by atomic mass is 32.2. The minimum Gasteiger partial charge on any atom is -0.508 e. The summed E-state index contributed by atoms with van der Waals surface area (Å²) in [5, 5.41) is 9.15. The van der Waals surface area contributed by atoms with E-state index >= 15 is 0 Å². The number of rotatable bonds is 5. The van der Waals surface area contributed by atoms with Gasteiger partial charge in [0.15, 0.2) is 0 Å². The van der Waals surface area contributed by atoms with Gasteiger partial charge >= 0.3 is 0 Å². The number of phenolic OH excluding ortho intramolecular Hbond substituents is 1. The molecule has 0 aliphatic rings. The lowest BCUT2D eigenvalue weighted by atomic mass is 10.1. The van der Waals surface area contributed by atoms with E-state index in [-0.39, 0.29) is 23.0 Å². The number of nitrogens with one attached hydrogen (secondary N) is 1. The van der Waals surface area contributed by atoms with Gasteiger partial charge in [-0.25, -0.2) is 18.1 Å². The van der Waals surface area contributed by atoms with Gasteiger partial charge in [0.05, 0.1) is 0 Å². The van der Waals surface area contributed by atoms with Gasteiger partial charge in [0.25, 0.3) is 0 Å². The lowest BCUT2D eigenvalue weighted by molar-refractivity contribution is 0.475. The molecule has 1 aromatic heterocycles. The molecule has 2 rings (SSSR count). The fourth-order valence-electron chi connectivity index (χ4n) is 1.63. The normalized spacial score (nSPS) is 11.4. The molecule has 0 saturated heterocycles. The van der Waals surface area contributed by atoms with E-state index in [1.54, 1.807) is 24.3 Å². The Bertz CT molecular complexity index is 667. The summed E-state index contributed by atoms with van der Waals surface area (Å²) < 4.78 is 26.4. The van der Waals surface area contributed by atoms with Gasteiger partial charge in [-0.05, 0) is 36.2 Å². The lowest BCUT2D eigenvalue weighted by Crippen LogP contribution is -2.26. The van der Waals surface area contributed by atoms with E-state index in [0.29, 0.717) is 6.42 Å². The third-order valence-corrected chi connectivity index (χ3v) is 4.16. The summed E-state index contributed by atoms with van der Waals surface area (Å²) in [6.45, 7) is 0.261. The molecule has 2 aromatic rings. The molecule has 0 saturated carbocycles. The van der Waals surface area contributed by atoms with Crippen LogP contribution in [0.25, 0.3) is 0 Å². The molecule has 0 spiro atoms. The average molecular weight is 293 g/mol. The molecule has 1 heterocycles. The van der Waals surface area contributed by atoms with Crippen LogP contribution in [0.3, 0.4) is 0 Å². The highest BCUT2D eigenvalue weighted by Gasteiger charge is 2.13. The Morgan fingerprint density at radius 1 is 1.15 bits per heavy atom. The second kappa shape index (κ2) is 5.89. The van der Waals surface area contributed by atoms with Crippen molar-refractivity contribution in [2.75, 3.05) is 12.3 Å². The molecule has 0 aliphatic carbocycles. The molecule has 0 unspecified atom stereocenters. The molecule has 7 heteroatoms. The van der Waals surface area contributed by atoms with Crippen LogP contribution in [0.1, 0.15) is 5.56 Å². The Hall–Kier alpha value is -2.12. The molecule has 0 aliphatic heterocycles. The van der Waals surface area contributed by atoms with Gasteiger partial charge in [-0.2, -0.15) is 0 Å². The Morgan fingerprint density at radius 3 is 2.45 bits per heavy atom. The summed E-state index contributed by atoms with van der Waals surface area (Å²) in [6, 6.07) is 9.46. The van der Waals surface area contributed by atoms with E-state index in [0.717, 1.165) is 5.56 Å². The SMILES string of the molecule is Nc1ccc(S(=O)(=O)NCCc2ccc(O)cc2)cn1. The zero-order valence-electron chi connectivity index (χ0n) is 10.7. The molecule has 1 aromatic carbocycles. The van der Waals surface area contributed by atoms with Crippen molar-refractivity contribution in [2.45, 2.75) is 11.3 Å². The highest BCUT2D eigenvalue weighted by molar-refractivity contribution is 7.89. The quantitative estimate of drug-likeness (QED) is 0.759. The first kappa shape index (κ1) is 14.3. The standard InChI is InChI=1S/C13H15N3O3S/c14-13-6-5-12(9-15-13)20(18,19)16-8-7-10-1-3-11(17)4-2-10/h1-6,9,16-17H,7-8H2,(H2,14,15). The van der Waals surface area contributed by atoms with Crippen LogP contribution < -0.4 is 10.5 Å². The first-order chi connectivity index (χ1) is 9.47. The molecule has 20 heavy (non-hydrogen) atoms. The number of benzene rings is 1. The maximum atomic E-state index is 12.0. The van der Waals surface area contributed by atoms with Gasteiger partial charge in [-0.15, -0.1) is 0 Å². The maximum absolute atomic E-state index is 12.0. The van der Waals surface area contributed by atoms with Gasteiger partial charge in [-0.3, -0.25) is 0 Å². The van der Waals surface area contributed by atoms with E-state index in [1.165, 1.54) is 18.3 Å². The monoisotopic (exact) mass is 293 g/mol. The Kier molecular flexibility index (Phi) is 4.21. The zero-order valence-corrected chi connectivity index (χ0v) is 11.5. The number of aromatic nitrogens is 1. The number of nitrogens with zero attached hydrogens (tertiary/aromatic N) is 1. The van der Waals surface area contributed by atoms with Crippen LogP contribution >= 0.6 is 0 Å². The first-order valence-electron chi connectivity index (χ1n) is 5.96. The van der Waals surface area contributed by atoms with Crippen LogP contribution in [0, 0.1) is 0 Å². The van der Waals surface area contributed by atoms with Crippen molar-refractivity contribution < 1.29 is 13.5 Å². The van der Waals surface area contributed by atoms with Crippen molar-refractivity contribution >= 4 is 15.8 Å². The predicted octanol–water partition coefficient (Wildman–Crippen LogP) is 0.890. The Morgan fingerprint density at radius 2 is 1.85 bits per heavy atom. The number of nitrogen functional groups attached to an aromatic ring is 1. The Labute approximate surface area is 117 Å². The van der Waals surface area contributed by atoms with Gasteiger partial charge in [0, 0.05) is 12.7 Å². The number of phenols is 1. The summed E-state index contributed by atoms with van der Waals surface area (Å²) in [4.78, 5) is 3.83. The number of sulfonamides is 1. The summed E-state index contributed by atoms with van der Waals surface area (Å²) in [6.07, 6.45) is 1.75. The van der Waals surface area contributed by atoms with Crippen LogP contribution in [-0.2, 0) is 16.4 Å². The fourth-order valence-corrected chi connectivity index (χ4v) is 2.60. The van der Waals surface area contributed by atoms with E-state index in [4.69, 9.17) is 10.8 Å². The van der Waals surface area contributed by atoms with Crippen molar-refractivity contribution in [3.05, 3.63) is 48.2 Å². The molecule has 0 radical (unpaired) electrons. The minimum absolute atomic E-state index is 0.0809. The van der Waals surface area contributed by atoms with Crippen molar-refractivity contribution in [3.8, 4) is 5.75 Å². The number of nitrogens with two attached hydrogens (primary N) is 1. The van der Waals surface area contributed by atoms with E-state index < -0.39 is 10.0 Å².